The van der Waals surface area contributed by atoms with Crippen molar-refractivity contribution in [3.05, 3.63) is 0 Å². The lowest BCUT2D eigenvalue weighted by molar-refractivity contribution is 0.525. The standard InChI is InChI=1S/C7H16N2O2S/c1-12(10,11)9-7-3-2-6(4-7)5-8/h6-7,9H,2-5,8H2,1H3. The van der Waals surface area contributed by atoms with Crippen LogP contribution in [0.3, 0.4) is 0 Å². The molecular formula is C7H16N2O2S. The number of rotatable bonds is 3. The van der Waals surface area contributed by atoms with Crippen LogP contribution in [0.1, 0.15) is 19.3 Å². The zero-order valence-corrected chi connectivity index (χ0v) is 8.10. The van der Waals surface area contributed by atoms with Gasteiger partial charge in [-0.1, -0.05) is 0 Å². The topological polar surface area (TPSA) is 72.2 Å². The van der Waals surface area contributed by atoms with Crippen molar-refractivity contribution in [1.82, 2.24) is 4.72 Å². The van der Waals surface area contributed by atoms with Crippen LogP contribution in [-0.2, 0) is 10.0 Å². The molecule has 2 unspecified atom stereocenters. The summed E-state index contributed by atoms with van der Waals surface area (Å²) in [4.78, 5) is 0. The summed E-state index contributed by atoms with van der Waals surface area (Å²) in [6.45, 7) is 0.669. The summed E-state index contributed by atoms with van der Waals surface area (Å²) in [5.41, 5.74) is 5.48. The van der Waals surface area contributed by atoms with Gasteiger partial charge in [0.25, 0.3) is 0 Å². The zero-order chi connectivity index (χ0) is 9.19. The Bertz CT molecular complexity index is 238. The quantitative estimate of drug-likeness (QED) is 0.642. The lowest BCUT2D eigenvalue weighted by atomic mass is 10.1. The maximum absolute atomic E-state index is 10.8. The van der Waals surface area contributed by atoms with Gasteiger partial charge in [0.2, 0.25) is 10.0 Å². The Morgan fingerprint density at radius 2 is 2.17 bits per heavy atom. The van der Waals surface area contributed by atoms with E-state index in [0.29, 0.717) is 12.5 Å². The molecule has 0 amide bonds. The third-order valence-electron chi connectivity index (χ3n) is 2.26. The van der Waals surface area contributed by atoms with Crippen molar-refractivity contribution in [2.45, 2.75) is 25.3 Å². The molecule has 1 fully saturated rings. The van der Waals surface area contributed by atoms with E-state index in [1.54, 1.807) is 0 Å². The van der Waals surface area contributed by atoms with Crippen LogP contribution in [0.5, 0.6) is 0 Å². The Kier molecular flexibility index (Phi) is 3.09. The van der Waals surface area contributed by atoms with E-state index >= 15 is 0 Å². The third-order valence-corrected chi connectivity index (χ3v) is 3.02. The first-order valence-electron chi connectivity index (χ1n) is 4.18. The fourth-order valence-corrected chi connectivity index (χ4v) is 2.52. The molecule has 1 aliphatic rings. The fourth-order valence-electron chi connectivity index (χ4n) is 1.70. The number of nitrogens with one attached hydrogen (secondary N) is 1. The van der Waals surface area contributed by atoms with Crippen LogP contribution in [-0.4, -0.2) is 27.3 Å². The van der Waals surface area contributed by atoms with Crippen LogP contribution in [0, 0.1) is 5.92 Å². The van der Waals surface area contributed by atoms with Gasteiger partial charge in [-0.15, -0.1) is 0 Å². The Morgan fingerprint density at radius 1 is 1.50 bits per heavy atom. The van der Waals surface area contributed by atoms with Gasteiger partial charge in [-0.25, -0.2) is 13.1 Å². The molecule has 5 heteroatoms. The Hall–Kier alpha value is -0.130. The highest BCUT2D eigenvalue weighted by Crippen LogP contribution is 2.24. The minimum absolute atomic E-state index is 0.119. The molecule has 1 aliphatic carbocycles. The summed E-state index contributed by atoms with van der Waals surface area (Å²) in [5.74, 6) is 0.504. The van der Waals surface area contributed by atoms with Crippen molar-refractivity contribution < 1.29 is 8.42 Å². The first-order chi connectivity index (χ1) is 5.51. The lowest BCUT2D eigenvalue weighted by Crippen LogP contribution is -2.32. The van der Waals surface area contributed by atoms with Gasteiger partial charge in [0.1, 0.15) is 0 Å². The first kappa shape index (κ1) is 9.95. The van der Waals surface area contributed by atoms with Gasteiger partial charge in [-0.3, -0.25) is 0 Å². The van der Waals surface area contributed by atoms with Gasteiger partial charge in [0.15, 0.2) is 0 Å². The molecule has 1 saturated carbocycles. The third kappa shape index (κ3) is 3.08. The van der Waals surface area contributed by atoms with Crippen LogP contribution in [0.25, 0.3) is 0 Å². The normalized spacial score (nSPS) is 30.8. The van der Waals surface area contributed by atoms with Gasteiger partial charge in [0, 0.05) is 6.04 Å². The minimum atomic E-state index is -3.03. The molecule has 0 aliphatic heterocycles. The molecule has 0 bridgehead atoms. The maximum atomic E-state index is 10.8. The SMILES string of the molecule is CS(=O)(=O)NC1CCC(CN)C1. The molecule has 4 nitrogen and oxygen atoms in total. The second-order valence-corrected chi connectivity index (χ2v) is 5.28. The van der Waals surface area contributed by atoms with E-state index in [4.69, 9.17) is 5.73 Å². The predicted octanol–water partition coefficient (Wildman–Crippen LogP) is -0.337. The second-order valence-electron chi connectivity index (χ2n) is 3.50. The van der Waals surface area contributed by atoms with Crippen molar-refractivity contribution in [2.24, 2.45) is 11.7 Å². The van der Waals surface area contributed by atoms with Crippen molar-refractivity contribution >= 4 is 10.0 Å². The Labute approximate surface area is 73.6 Å². The average Bonchev–Trinajstić information content (AvgIpc) is 2.32. The zero-order valence-electron chi connectivity index (χ0n) is 7.29. The van der Waals surface area contributed by atoms with Crippen molar-refractivity contribution in [3.63, 3.8) is 0 Å². The average molecular weight is 192 g/mol. The summed E-state index contributed by atoms with van der Waals surface area (Å²) in [6.07, 6.45) is 4.06. The molecule has 0 radical (unpaired) electrons. The molecule has 0 heterocycles. The van der Waals surface area contributed by atoms with Crippen LogP contribution in [0.2, 0.25) is 0 Å². The highest BCUT2D eigenvalue weighted by Gasteiger charge is 2.25. The number of hydrogen-bond donors (Lipinski definition) is 2. The number of nitrogens with two attached hydrogens (primary N) is 1. The largest absolute Gasteiger partial charge is 0.330 e. The monoisotopic (exact) mass is 192 g/mol. The molecule has 12 heavy (non-hydrogen) atoms. The molecule has 0 spiro atoms. The fraction of sp³-hybridized carbons (Fsp3) is 1.00. The highest BCUT2D eigenvalue weighted by molar-refractivity contribution is 7.88. The number of hydrogen-bond acceptors (Lipinski definition) is 3. The Balaban J connectivity index is 2.38. The van der Waals surface area contributed by atoms with Crippen molar-refractivity contribution in [3.8, 4) is 0 Å². The molecule has 0 aromatic rings. The van der Waals surface area contributed by atoms with E-state index in [1.807, 2.05) is 0 Å². The second kappa shape index (κ2) is 3.72. The molecule has 0 aromatic carbocycles. The Morgan fingerprint density at radius 3 is 2.58 bits per heavy atom. The summed E-state index contributed by atoms with van der Waals surface area (Å²) < 4.78 is 24.3. The summed E-state index contributed by atoms with van der Waals surface area (Å²) in [7, 11) is -3.03. The maximum Gasteiger partial charge on any atom is 0.208 e. The first-order valence-corrected chi connectivity index (χ1v) is 6.08. The van der Waals surface area contributed by atoms with Gasteiger partial charge in [0.05, 0.1) is 6.26 Å². The van der Waals surface area contributed by atoms with Crippen LogP contribution in [0.15, 0.2) is 0 Å². The van der Waals surface area contributed by atoms with Crippen LogP contribution < -0.4 is 10.5 Å². The van der Waals surface area contributed by atoms with Crippen LogP contribution in [0.4, 0.5) is 0 Å². The summed E-state index contributed by atoms with van der Waals surface area (Å²) in [5, 5.41) is 0. The van der Waals surface area contributed by atoms with E-state index < -0.39 is 10.0 Å². The van der Waals surface area contributed by atoms with E-state index in [0.717, 1.165) is 19.3 Å². The molecular weight excluding hydrogens is 176 g/mol. The molecule has 1 rings (SSSR count). The lowest BCUT2D eigenvalue weighted by Gasteiger charge is -2.10. The van der Waals surface area contributed by atoms with Crippen LogP contribution >= 0.6 is 0 Å². The summed E-state index contributed by atoms with van der Waals surface area (Å²) in [6, 6.07) is 0.119. The van der Waals surface area contributed by atoms with E-state index in [-0.39, 0.29) is 6.04 Å². The number of sulfonamides is 1. The molecule has 72 valence electrons. The predicted molar refractivity (Wildman–Crippen MR) is 48.2 cm³/mol. The molecule has 0 aromatic heterocycles. The van der Waals surface area contributed by atoms with Crippen molar-refractivity contribution in [2.75, 3.05) is 12.8 Å². The summed E-state index contributed by atoms with van der Waals surface area (Å²) >= 11 is 0. The smallest absolute Gasteiger partial charge is 0.208 e. The van der Waals surface area contributed by atoms with E-state index in [2.05, 4.69) is 4.72 Å². The highest BCUT2D eigenvalue weighted by atomic mass is 32.2. The minimum Gasteiger partial charge on any atom is -0.330 e. The van der Waals surface area contributed by atoms with Crippen molar-refractivity contribution in [1.29, 1.82) is 0 Å². The van der Waals surface area contributed by atoms with E-state index in [1.165, 1.54) is 6.26 Å². The van der Waals surface area contributed by atoms with Gasteiger partial charge >= 0.3 is 0 Å². The van der Waals surface area contributed by atoms with E-state index in [9.17, 15) is 8.42 Å². The molecule has 0 saturated heterocycles. The molecule has 2 atom stereocenters. The molecule has 3 N–H and O–H groups in total. The van der Waals surface area contributed by atoms with Gasteiger partial charge in [-0.05, 0) is 31.7 Å². The van der Waals surface area contributed by atoms with Gasteiger partial charge in [-0.2, -0.15) is 0 Å². The van der Waals surface area contributed by atoms with Gasteiger partial charge < -0.3 is 5.73 Å².